The third-order valence-corrected chi connectivity index (χ3v) is 4.53. The number of carbonyl (C=O) groups is 1. The summed E-state index contributed by atoms with van der Waals surface area (Å²) < 4.78 is 32.6. The number of nitrogens with zero attached hydrogens (tertiary/aromatic N) is 3. The van der Waals surface area contributed by atoms with Crippen LogP contribution in [0.5, 0.6) is 5.75 Å². The van der Waals surface area contributed by atoms with Gasteiger partial charge in [-0.15, -0.1) is 0 Å². The molecule has 2 heterocycles. The molecular formula is C15H15F2N3O2. The Bertz CT molecular complexity index is 686. The molecule has 0 radical (unpaired) electrons. The highest BCUT2D eigenvalue weighted by molar-refractivity contribution is 5.87. The second-order valence-electron chi connectivity index (χ2n) is 5.95. The van der Waals surface area contributed by atoms with E-state index in [1.54, 1.807) is 6.92 Å². The zero-order chi connectivity index (χ0) is 16.1. The summed E-state index contributed by atoms with van der Waals surface area (Å²) in [5.41, 5.74) is -0.787. The third kappa shape index (κ3) is 1.94. The fourth-order valence-electron chi connectivity index (χ4n) is 2.84. The Hall–Kier alpha value is -2.23. The summed E-state index contributed by atoms with van der Waals surface area (Å²) in [5.74, 6) is -3.15. The topological polar surface area (TPSA) is 66.2 Å². The first-order valence-electron chi connectivity index (χ1n) is 7.01. The molecule has 7 heteroatoms. The van der Waals surface area contributed by atoms with Gasteiger partial charge in [0.2, 0.25) is 5.91 Å². The van der Waals surface area contributed by atoms with Crippen LogP contribution in [-0.4, -0.2) is 34.9 Å². The number of alkyl halides is 2. The zero-order valence-corrected chi connectivity index (χ0v) is 12.3. The van der Waals surface area contributed by atoms with Crippen molar-refractivity contribution in [3.05, 3.63) is 23.5 Å². The predicted molar refractivity (Wildman–Crippen MR) is 72.2 cm³/mol. The van der Waals surface area contributed by atoms with Gasteiger partial charge in [-0.2, -0.15) is 5.26 Å². The normalized spacial score (nSPS) is 28.9. The number of halogens is 2. The van der Waals surface area contributed by atoms with E-state index in [-0.39, 0.29) is 18.7 Å². The van der Waals surface area contributed by atoms with Crippen molar-refractivity contribution >= 4 is 5.91 Å². The Labute approximate surface area is 126 Å². The molecule has 1 aliphatic heterocycles. The maximum absolute atomic E-state index is 13.5. The molecular weight excluding hydrogens is 292 g/mol. The highest BCUT2D eigenvalue weighted by Crippen LogP contribution is 2.61. The van der Waals surface area contributed by atoms with Crippen molar-refractivity contribution in [3.63, 3.8) is 0 Å². The molecule has 2 aliphatic rings. The summed E-state index contributed by atoms with van der Waals surface area (Å²) in [6, 6.07) is 1.52. The second kappa shape index (κ2) is 4.63. The Morgan fingerprint density at radius 1 is 1.55 bits per heavy atom. The minimum absolute atomic E-state index is 0.156. The number of pyridine rings is 1. The van der Waals surface area contributed by atoms with Crippen LogP contribution in [0, 0.1) is 16.7 Å². The van der Waals surface area contributed by atoms with Crippen LogP contribution >= 0.6 is 0 Å². The number of hydrogen-bond acceptors (Lipinski definition) is 4. The Morgan fingerprint density at radius 3 is 2.82 bits per heavy atom. The molecule has 1 unspecified atom stereocenters. The van der Waals surface area contributed by atoms with Gasteiger partial charge in [-0.1, -0.05) is 0 Å². The van der Waals surface area contributed by atoms with Crippen LogP contribution < -0.4 is 4.74 Å². The lowest BCUT2D eigenvalue weighted by atomic mass is 10.0. The minimum atomic E-state index is -2.95. The maximum Gasteiger partial charge on any atom is 0.263 e. The standard InChI is InChI=1S/C15H15F2N3O2/c1-9-11-7-19-6-10(5-18)12(11)22-4-3-20(9)13(21)14(2)8-15(14,16)17/h6-7,9H,3-4,8H2,1-2H3/t9-,14?/m0/s1. The molecule has 1 saturated carbocycles. The zero-order valence-electron chi connectivity index (χ0n) is 12.3. The number of rotatable bonds is 1. The number of carbonyl (C=O) groups excluding carboxylic acids is 1. The van der Waals surface area contributed by atoms with Gasteiger partial charge in [0.1, 0.15) is 29.4 Å². The fraction of sp³-hybridized carbons (Fsp3) is 0.533. The summed E-state index contributed by atoms with van der Waals surface area (Å²) in [6.45, 7) is 3.38. The molecule has 116 valence electrons. The number of nitriles is 1. The van der Waals surface area contributed by atoms with Gasteiger partial charge in [0.05, 0.1) is 12.6 Å². The van der Waals surface area contributed by atoms with Gasteiger partial charge in [-0.25, -0.2) is 8.78 Å². The lowest BCUT2D eigenvalue weighted by molar-refractivity contribution is -0.142. The van der Waals surface area contributed by atoms with Crippen molar-refractivity contribution in [2.45, 2.75) is 32.2 Å². The molecule has 0 bridgehead atoms. The number of aromatic nitrogens is 1. The second-order valence-corrected chi connectivity index (χ2v) is 5.95. The molecule has 1 fully saturated rings. The molecule has 1 amide bonds. The average Bonchev–Trinajstić information content (AvgIpc) is 3.07. The van der Waals surface area contributed by atoms with Gasteiger partial charge < -0.3 is 9.64 Å². The molecule has 0 spiro atoms. The van der Waals surface area contributed by atoms with Crippen molar-refractivity contribution in [2.75, 3.05) is 13.2 Å². The summed E-state index contributed by atoms with van der Waals surface area (Å²) >= 11 is 0. The Balaban J connectivity index is 1.96. The van der Waals surface area contributed by atoms with E-state index >= 15 is 0 Å². The van der Waals surface area contributed by atoms with Crippen LogP contribution in [0.15, 0.2) is 12.4 Å². The monoisotopic (exact) mass is 307 g/mol. The van der Waals surface area contributed by atoms with Crippen molar-refractivity contribution < 1.29 is 18.3 Å². The first kappa shape index (κ1) is 14.7. The average molecular weight is 307 g/mol. The van der Waals surface area contributed by atoms with Gasteiger partial charge >= 0.3 is 0 Å². The highest BCUT2D eigenvalue weighted by Gasteiger charge is 2.73. The van der Waals surface area contributed by atoms with Crippen LogP contribution in [0.4, 0.5) is 8.78 Å². The fourth-order valence-corrected chi connectivity index (χ4v) is 2.84. The van der Waals surface area contributed by atoms with Crippen LogP contribution in [0.25, 0.3) is 0 Å². The van der Waals surface area contributed by atoms with Gasteiger partial charge in [0.25, 0.3) is 5.92 Å². The first-order valence-corrected chi connectivity index (χ1v) is 7.01. The first-order chi connectivity index (χ1) is 10.3. The summed E-state index contributed by atoms with van der Waals surface area (Å²) in [6.07, 6.45) is 2.48. The van der Waals surface area contributed by atoms with E-state index in [0.717, 1.165) is 0 Å². The molecule has 22 heavy (non-hydrogen) atoms. The summed E-state index contributed by atoms with van der Waals surface area (Å²) in [7, 11) is 0. The molecule has 0 N–H and O–H groups in total. The molecule has 2 atom stereocenters. The largest absolute Gasteiger partial charge is 0.490 e. The van der Waals surface area contributed by atoms with Gasteiger partial charge in [-0.3, -0.25) is 9.78 Å². The third-order valence-electron chi connectivity index (χ3n) is 4.53. The van der Waals surface area contributed by atoms with E-state index in [1.165, 1.54) is 24.2 Å². The van der Waals surface area contributed by atoms with Crippen molar-refractivity contribution in [1.82, 2.24) is 9.88 Å². The van der Waals surface area contributed by atoms with Crippen LogP contribution in [-0.2, 0) is 4.79 Å². The van der Waals surface area contributed by atoms with Crippen molar-refractivity contribution in [3.8, 4) is 11.8 Å². The van der Waals surface area contributed by atoms with Crippen LogP contribution in [0.1, 0.15) is 37.4 Å². The highest BCUT2D eigenvalue weighted by atomic mass is 19.3. The molecule has 0 saturated heterocycles. The van der Waals surface area contributed by atoms with Crippen LogP contribution in [0.3, 0.4) is 0 Å². The molecule has 0 aromatic carbocycles. The maximum atomic E-state index is 13.5. The molecule has 3 rings (SSSR count). The van der Waals surface area contributed by atoms with Gasteiger partial charge in [-0.05, 0) is 13.8 Å². The SMILES string of the molecule is C[C@H]1c2cncc(C#N)c2OCCN1C(=O)C1(C)CC1(F)F. The summed E-state index contributed by atoms with van der Waals surface area (Å²) in [4.78, 5) is 17.9. The van der Waals surface area contributed by atoms with E-state index in [1.807, 2.05) is 6.07 Å². The summed E-state index contributed by atoms with van der Waals surface area (Å²) in [5, 5.41) is 9.10. The van der Waals surface area contributed by atoms with E-state index in [4.69, 9.17) is 10.00 Å². The van der Waals surface area contributed by atoms with E-state index in [2.05, 4.69) is 4.98 Å². The van der Waals surface area contributed by atoms with E-state index in [9.17, 15) is 13.6 Å². The smallest absolute Gasteiger partial charge is 0.263 e. The van der Waals surface area contributed by atoms with E-state index < -0.39 is 29.7 Å². The van der Waals surface area contributed by atoms with Gasteiger partial charge in [0, 0.05) is 24.4 Å². The Morgan fingerprint density at radius 2 is 2.23 bits per heavy atom. The quantitative estimate of drug-likeness (QED) is 0.798. The molecule has 1 aliphatic carbocycles. The number of ether oxygens (including phenoxy) is 1. The van der Waals surface area contributed by atoms with Crippen molar-refractivity contribution in [1.29, 1.82) is 5.26 Å². The number of fused-ring (bicyclic) bond motifs is 1. The van der Waals surface area contributed by atoms with E-state index in [0.29, 0.717) is 11.3 Å². The molecule has 1 aromatic rings. The number of amides is 1. The Kier molecular flexibility index (Phi) is 3.09. The molecule has 1 aromatic heterocycles. The predicted octanol–water partition coefficient (Wildman–Crippen LogP) is 2.28. The lowest BCUT2D eigenvalue weighted by Gasteiger charge is -2.29. The van der Waals surface area contributed by atoms with Crippen molar-refractivity contribution in [2.24, 2.45) is 5.41 Å². The van der Waals surface area contributed by atoms with Crippen LogP contribution in [0.2, 0.25) is 0 Å². The van der Waals surface area contributed by atoms with Gasteiger partial charge in [0.15, 0.2) is 0 Å². The lowest BCUT2D eigenvalue weighted by Crippen LogP contribution is -2.41. The minimum Gasteiger partial charge on any atom is -0.490 e. The molecule has 5 nitrogen and oxygen atoms in total. The number of hydrogen-bond donors (Lipinski definition) is 0.